The SMILES string of the molecule is CCOC(=O)C1CCN(C(=O)Cc2csc(-c3ccc(CN4CCN(C)CC4)cc3)n2)CC1. The van der Waals surface area contributed by atoms with Crippen LogP contribution in [0.5, 0.6) is 0 Å². The molecule has 0 aliphatic carbocycles. The van der Waals surface area contributed by atoms with Crippen LogP contribution in [0.4, 0.5) is 0 Å². The van der Waals surface area contributed by atoms with Crippen molar-refractivity contribution < 1.29 is 14.3 Å². The number of aromatic nitrogens is 1. The van der Waals surface area contributed by atoms with Gasteiger partial charge in [-0.25, -0.2) is 4.98 Å². The van der Waals surface area contributed by atoms with Gasteiger partial charge in [0, 0.05) is 56.8 Å². The van der Waals surface area contributed by atoms with Crippen molar-refractivity contribution in [2.75, 3.05) is 52.9 Å². The highest BCUT2D eigenvalue weighted by Gasteiger charge is 2.28. The van der Waals surface area contributed by atoms with Crippen molar-refractivity contribution in [2.24, 2.45) is 5.92 Å². The number of piperazine rings is 1. The Morgan fingerprint density at radius 3 is 2.42 bits per heavy atom. The topological polar surface area (TPSA) is 66.0 Å². The molecule has 0 radical (unpaired) electrons. The van der Waals surface area contributed by atoms with Gasteiger partial charge in [-0.3, -0.25) is 14.5 Å². The van der Waals surface area contributed by atoms with E-state index in [1.807, 2.05) is 17.2 Å². The fourth-order valence-corrected chi connectivity index (χ4v) is 5.25. The van der Waals surface area contributed by atoms with Crippen molar-refractivity contribution in [3.63, 3.8) is 0 Å². The number of hydrogen-bond acceptors (Lipinski definition) is 7. The average molecular weight is 471 g/mol. The number of nitrogens with zero attached hydrogens (tertiary/aromatic N) is 4. The lowest BCUT2D eigenvalue weighted by atomic mass is 9.97. The molecule has 1 amide bonds. The number of rotatable bonds is 7. The van der Waals surface area contributed by atoms with Crippen LogP contribution in [-0.4, -0.2) is 84.5 Å². The molecule has 0 spiro atoms. The van der Waals surface area contributed by atoms with Gasteiger partial charge in [-0.2, -0.15) is 0 Å². The molecule has 8 heteroatoms. The summed E-state index contributed by atoms with van der Waals surface area (Å²) in [6.07, 6.45) is 1.66. The maximum Gasteiger partial charge on any atom is 0.309 e. The number of benzene rings is 1. The van der Waals surface area contributed by atoms with Gasteiger partial charge < -0.3 is 14.5 Å². The summed E-state index contributed by atoms with van der Waals surface area (Å²) in [6, 6.07) is 8.65. The van der Waals surface area contributed by atoms with E-state index in [-0.39, 0.29) is 17.8 Å². The molecule has 2 fully saturated rings. The van der Waals surface area contributed by atoms with Gasteiger partial charge in [0.15, 0.2) is 0 Å². The van der Waals surface area contributed by atoms with Crippen molar-refractivity contribution in [3.8, 4) is 10.6 Å². The minimum absolute atomic E-state index is 0.0803. The molecule has 2 aliphatic rings. The number of amides is 1. The minimum atomic E-state index is -0.136. The lowest BCUT2D eigenvalue weighted by molar-refractivity contribution is -0.151. The number of ether oxygens (including phenoxy) is 1. The molecule has 7 nitrogen and oxygen atoms in total. The van der Waals surface area contributed by atoms with Crippen LogP contribution in [-0.2, 0) is 27.3 Å². The summed E-state index contributed by atoms with van der Waals surface area (Å²) in [5.41, 5.74) is 3.23. The molecule has 3 heterocycles. The molecule has 1 aromatic heterocycles. The van der Waals surface area contributed by atoms with Crippen LogP contribution < -0.4 is 0 Å². The second-order valence-corrected chi connectivity index (χ2v) is 9.86. The van der Waals surface area contributed by atoms with E-state index in [9.17, 15) is 9.59 Å². The Balaban J connectivity index is 1.27. The van der Waals surface area contributed by atoms with Crippen LogP contribution >= 0.6 is 11.3 Å². The predicted octanol–water partition coefficient (Wildman–Crippen LogP) is 2.90. The summed E-state index contributed by atoms with van der Waals surface area (Å²) in [4.78, 5) is 36.1. The lowest BCUT2D eigenvalue weighted by Gasteiger charge is -2.32. The van der Waals surface area contributed by atoms with E-state index in [2.05, 4.69) is 41.1 Å². The van der Waals surface area contributed by atoms with Gasteiger partial charge in [-0.05, 0) is 32.4 Å². The number of likely N-dealkylation sites (tertiary alicyclic amines) is 1. The number of esters is 1. The van der Waals surface area contributed by atoms with Gasteiger partial charge in [0.25, 0.3) is 0 Å². The van der Waals surface area contributed by atoms with Crippen molar-refractivity contribution in [2.45, 2.75) is 32.7 Å². The van der Waals surface area contributed by atoms with E-state index in [1.165, 1.54) is 5.56 Å². The first kappa shape index (κ1) is 23.9. The molecule has 1 aromatic carbocycles. The van der Waals surface area contributed by atoms with Gasteiger partial charge in [-0.1, -0.05) is 24.3 Å². The molecule has 2 aromatic rings. The van der Waals surface area contributed by atoms with E-state index >= 15 is 0 Å². The first-order valence-corrected chi connectivity index (χ1v) is 12.8. The zero-order valence-electron chi connectivity index (χ0n) is 19.7. The minimum Gasteiger partial charge on any atom is -0.466 e. The van der Waals surface area contributed by atoms with Crippen LogP contribution in [0.1, 0.15) is 31.0 Å². The van der Waals surface area contributed by atoms with Gasteiger partial charge in [0.2, 0.25) is 5.91 Å². The maximum atomic E-state index is 12.7. The largest absolute Gasteiger partial charge is 0.466 e. The number of piperidine rings is 1. The van der Waals surface area contributed by atoms with Crippen LogP contribution in [0.3, 0.4) is 0 Å². The highest BCUT2D eigenvalue weighted by molar-refractivity contribution is 7.13. The third kappa shape index (κ3) is 6.40. The Labute approximate surface area is 200 Å². The summed E-state index contributed by atoms with van der Waals surface area (Å²) in [5.74, 6) is -0.140. The summed E-state index contributed by atoms with van der Waals surface area (Å²) in [5, 5.41) is 2.93. The normalized spacial score (nSPS) is 18.4. The number of carbonyl (C=O) groups is 2. The third-order valence-electron chi connectivity index (χ3n) is 6.55. The summed E-state index contributed by atoms with van der Waals surface area (Å²) in [7, 11) is 2.18. The molecule has 2 aliphatic heterocycles. The van der Waals surface area contributed by atoms with E-state index < -0.39 is 0 Å². The molecule has 0 saturated carbocycles. The zero-order valence-corrected chi connectivity index (χ0v) is 20.5. The first-order chi connectivity index (χ1) is 16.0. The van der Waals surface area contributed by atoms with Crippen molar-refractivity contribution >= 4 is 23.2 Å². The van der Waals surface area contributed by atoms with Crippen LogP contribution in [0.15, 0.2) is 29.6 Å². The predicted molar refractivity (Wildman–Crippen MR) is 130 cm³/mol. The second kappa shape index (κ2) is 11.2. The van der Waals surface area contributed by atoms with E-state index in [0.29, 0.717) is 39.0 Å². The number of likely N-dealkylation sites (N-methyl/N-ethyl adjacent to an activating group) is 1. The Kier molecular flexibility index (Phi) is 8.11. The van der Waals surface area contributed by atoms with Gasteiger partial charge in [0.05, 0.1) is 24.6 Å². The molecule has 0 N–H and O–H groups in total. The highest BCUT2D eigenvalue weighted by atomic mass is 32.1. The van der Waals surface area contributed by atoms with Gasteiger partial charge in [0.1, 0.15) is 5.01 Å². The number of thiazole rings is 1. The highest BCUT2D eigenvalue weighted by Crippen LogP contribution is 2.25. The number of carbonyl (C=O) groups excluding carboxylic acids is 2. The molecule has 0 bridgehead atoms. The maximum absolute atomic E-state index is 12.7. The van der Waals surface area contributed by atoms with Crippen molar-refractivity contribution in [1.29, 1.82) is 0 Å². The van der Waals surface area contributed by atoms with Crippen LogP contribution in [0.2, 0.25) is 0 Å². The monoisotopic (exact) mass is 470 g/mol. The standard InChI is InChI=1S/C25H34N4O3S/c1-3-32-25(31)21-8-10-29(11-9-21)23(30)16-22-18-33-24(26-22)20-6-4-19(5-7-20)17-28-14-12-27(2)13-15-28/h4-7,18,21H,3,8-17H2,1-2H3. The molecule has 0 unspecified atom stereocenters. The Morgan fingerprint density at radius 2 is 1.76 bits per heavy atom. The van der Waals surface area contributed by atoms with Gasteiger partial charge >= 0.3 is 5.97 Å². The Bertz CT molecular complexity index is 929. The molecule has 4 rings (SSSR count). The smallest absolute Gasteiger partial charge is 0.309 e. The van der Waals surface area contributed by atoms with Crippen LogP contribution in [0, 0.1) is 5.92 Å². The first-order valence-electron chi connectivity index (χ1n) is 11.9. The molecule has 178 valence electrons. The fraction of sp³-hybridized carbons (Fsp3) is 0.560. The molecule has 2 saturated heterocycles. The van der Waals surface area contributed by atoms with Crippen molar-refractivity contribution in [3.05, 3.63) is 40.9 Å². The molecular formula is C25H34N4O3S. The lowest BCUT2D eigenvalue weighted by Crippen LogP contribution is -2.43. The third-order valence-corrected chi connectivity index (χ3v) is 7.49. The summed E-state index contributed by atoms with van der Waals surface area (Å²) in [6.45, 7) is 8.90. The van der Waals surface area contributed by atoms with Gasteiger partial charge in [-0.15, -0.1) is 11.3 Å². The molecular weight excluding hydrogens is 436 g/mol. The van der Waals surface area contributed by atoms with Crippen molar-refractivity contribution in [1.82, 2.24) is 19.7 Å². The zero-order chi connectivity index (χ0) is 23.2. The van der Waals surface area contributed by atoms with Crippen LogP contribution in [0.25, 0.3) is 10.6 Å². The van der Waals surface area contributed by atoms with E-state index in [1.54, 1.807) is 11.3 Å². The van der Waals surface area contributed by atoms with E-state index in [4.69, 9.17) is 9.72 Å². The van der Waals surface area contributed by atoms with E-state index in [0.717, 1.165) is 49.0 Å². The Morgan fingerprint density at radius 1 is 1.06 bits per heavy atom. The summed E-state index contributed by atoms with van der Waals surface area (Å²) >= 11 is 1.58. The Hall–Kier alpha value is -2.29. The second-order valence-electron chi connectivity index (χ2n) is 9.00. The molecule has 33 heavy (non-hydrogen) atoms. The summed E-state index contributed by atoms with van der Waals surface area (Å²) < 4.78 is 5.11. The number of hydrogen-bond donors (Lipinski definition) is 0. The average Bonchev–Trinajstić information content (AvgIpc) is 3.30. The molecule has 0 atom stereocenters. The fourth-order valence-electron chi connectivity index (χ4n) is 4.43. The quantitative estimate of drug-likeness (QED) is 0.580.